The summed E-state index contributed by atoms with van der Waals surface area (Å²) in [6.07, 6.45) is 8.13. The lowest BCUT2D eigenvalue weighted by atomic mass is 9.49. The van der Waals surface area contributed by atoms with Crippen LogP contribution in [-0.2, 0) is 9.59 Å². The monoisotopic (exact) mass is 370 g/mol. The van der Waals surface area contributed by atoms with Gasteiger partial charge in [0.1, 0.15) is 5.75 Å². The highest BCUT2D eigenvalue weighted by Crippen LogP contribution is 2.60. The number of phenols is 1. The Hall–Kier alpha value is -2.04. The second-order valence-corrected chi connectivity index (χ2v) is 9.13. The van der Waals surface area contributed by atoms with Gasteiger partial charge >= 0.3 is 0 Å². The molecule has 0 radical (unpaired) electrons. The molecule has 5 heteroatoms. The van der Waals surface area contributed by atoms with Crippen LogP contribution in [0.2, 0.25) is 0 Å². The number of hydrogen-bond acceptors (Lipinski definition) is 3. The molecule has 2 amide bonds. The third kappa shape index (κ3) is 3.83. The quantitative estimate of drug-likeness (QED) is 0.527. The fraction of sp³-hybridized carbons (Fsp3) is 0.636. The summed E-state index contributed by atoms with van der Waals surface area (Å²) >= 11 is 0. The first-order valence-corrected chi connectivity index (χ1v) is 10.3. The molecule has 1 aromatic carbocycles. The van der Waals surface area contributed by atoms with Crippen LogP contribution in [0.3, 0.4) is 0 Å². The van der Waals surface area contributed by atoms with Gasteiger partial charge in [-0.15, -0.1) is 0 Å². The largest absolute Gasteiger partial charge is 0.506 e. The maximum atomic E-state index is 12.9. The third-order valence-corrected chi connectivity index (χ3v) is 6.81. The molecule has 0 aromatic heterocycles. The first kappa shape index (κ1) is 18.3. The Kier molecular flexibility index (Phi) is 4.87. The Morgan fingerprint density at radius 2 is 1.74 bits per heavy atom. The molecule has 4 fully saturated rings. The van der Waals surface area contributed by atoms with Crippen LogP contribution >= 0.6 is 0 Å². The van der Waals surface area contributed by atoms with Gasteiger partial charge in [-0.2, -0.15) is 0 Å². The van der Waals surface area contributed by atoms with E-state index in [2.05, 4.69) is 10.6 Å². The van der Waals surface area contributed by atoms with E-state index in [1.54, 1.807) is 12.1 Å². The van der Waals surface area contributed by atoms with E-state index in [1.807, 2.05) is 13.0 Å². The lowest BCUT2D eigenvalue weighted by Gasteiger charge is -2.55. The average molecular weight is 370 g/mol. The summed E-state index contributed by atoms with van der Waals surface area (Å²) in [5.41, 5.74) is 1.26. The maximum absolute atomic E-state index is 12.9. The number of aryl methyl sites for hydroxylation is 1. The smallest absolute Gasteiger partial charge is 0.226 e. The highest BCUT2D eigenvalue weighted by atomic mass is 16.3. The fourth-order valence-corrected chi connectivity index (χ4v) is 5.99. The molecule has 4 saturated carbocycles. The van der Waals surface area contributed by atoms with E-state index >= 15 is 0 Å². The molecule has 27 heavy (non-hydrogen) atoms. The lowest BCUT2D eigenvalue weighted by Crippen LogP contribution is -2.53. The molecule has 0 aliphatic heterocycles. The SMILES string of the molecule is Cc1ccc(NC(=O)CCCNC(=O)C23CC4CC(CC(C4)C2)C3)c(O)c1. The van der Waals surface area contributed by atoms with Gasteiger partial charge in [0, 0.05) is 18.4 Å². The van der Waals surface area contributed by atoms with Gasteiger partial charge in [0.05, 0.1) is 5.69 Å². The highest BCUT2D eigenvalue weighted by molar-refractivity contribution is 5.92. The Morgan fingerprint density at radius 1 is 1.11 bits per heavy atom. The maximum Gasteiger partial charge on any atom is 0.226 e. The standard InChI is InChI=1S/C22H30N2O3/c1-14-4-5-18(19(25)7-14)24-20(26)3-2-6-23-21(27)22-11-15-8-16(12-22)10-17(9-15)13-22/h4-5,7,15-17,25H,2-3,6,8-13H2,1H3,(H,23,27)(H,24,26). The van der Waals surface area contributed by atoms with E-state index in [9.17, 15) is 14.7 Å². The highest BCUT2D eigenvalue weighted by Gasteiger charge is 2.54. The van der Waals surface area contributed by atoms with Crippen LogP contribution in [0.5, 0.6) is 5.75 Å². The second-order valence-electron chi connectivity index (χ2n) is 9.13. The van der Waals surface area contributed by atoms with Crippen molar-refractivity contribution in [2.24, 2.45) is 23.2 Å². The molecule has 1 aromatic rings. The first-order chi connectivity index (χ1) is 12.9. The Labute approximate surface area is 160 Å². The minimum absolute atomic E-state index is 0.0819. The van der Waals surface area contributed by atoms with Crippen molar-refractivity contribution >= 4 is 17.5 Å². The van der Waals surface area contributed by atoms with Crippen LogP contribution < -0.4 is 10.6 Å². The third-order valence-electron chi connectivity index (χ3n) is 6.81. The van der Waals surface area contributed by atoms with Crippen molar-refractivity contribution in [3.8, 4) is 5.75 Å². The summed E-state index contributed by atoms with van der Waals surface area (Å²) in [6.45, 7) is 2.42. The molecule has 5 rings (SSSR count). The predicted octanol–water partition coefficient (Wildman–Crippen LogP) is 3.75. The van der Waals surface area contributed by atoms with Crippen LogP contribution in [0.1, 0.15) is 56.9 Å². The van der Waals surface area contributed by atoms with Gasteiger partial charge in [-0.3, -0.25) is 9.59 Å². The lowest BCUT2D eigenvalue weighted by molar-refractivity contribution is -0.146. The summed E-state index contributed by atoms with van der Waals surface area (Å²) in [7, 11) is 0. The molecule has 0 spiro atoms. The Bertz CT molecular complexity index is 708. The van der Waals surface area contributed by atoms with Crippen LogP contribution in [0.25, 0.3) is 0 Å². The first-order valence-electron chi connectivity index (χ1n) is 10.3. The van der Waals surface area contributed by atoms with Crippen LogP contribution in [-0.4, -0.2) is 23.5 Å². The number of benzene rings is 1. The number of hydrogen-bond donors (Lipinski definition) is 3. The average Bonchev–Trinajstić information content (AvgIpc) is 2.60. The van der Waals surface area contributed by atoms with Crippen molar-refractivity contribution in [2.75, 3.05) is 11.9 Å². The van der Waals surface area contributed by atoms with E-state index in [1.165, 1.54) is 19.3 Å². The molecular weight excluding hydrogens is 340 g/mol. The predicted molar refractivity (Wildman–Crippen MR) is 104 cm³/mol. The number of anilines is 1. The van der Waals surface area contributed by atoms with Gasteiger partial charge in [-0.05, 0) is 87.3 Å². The Balaban J connectivity index is 1.22. The number of carbonyl (C=O) groups is 2. The molecule has 0 saturated heterocycles. The number of carbonyl (C=O) groups excluding carboxylic acids is 2. The molecule has 4 bridgehead atoms. The molecule has 5 nitrogen and oxygen atoms in total. The molecule has 146 valence electrons. The number of rotatable bonds is 6. The summed E-state index contributed by atoms with van der Waals surface area (Å²) in [5, 5.41) is 15.7. The van der Waals surface area contributed by atoms with Crippen molar-refractivity contribution in [3.05, 3.63) is 23.8 Å². The summed E-state index contributed by atoms with van der Waals surface area (Å²) in [5.74, 6) is 2.44. The van der Waals surface area contributed by atoms with E-state index in [0.29, 0.717) is 25.1 Å². The molecular formula is C22H30N2O3. The van der Waals surface area contributed by atoms with E-state index < -0.39 is 0 Å². The summed E-state index contributed by atoms with van der Waals surface area (Å²) in [6, 6.07) is 5.18. The van der Waals surface area contributed by atoms with Crippen LogP contribution in [0.15, 0.2) is 18.2 Å². The van der Waals surface area contributed by atoms with Crippen molar-refractivity contribution in [1.29, 1.82) is 0 Å². The van der Waals surface area contributed by atoms with Gasteiger partial charge in [0.15, 0.2) is 0 Å². The summed E-state index contributed by atoms with van der Waals surface area (Å²) in [4.78, 5) is 24.9. The zero-order valence-electron chi connectivity index (χ0n) is 16.1. The van der Waals surface area contributed by atoms with Gasteiger partial charge in [-0.25, -0.2) is 0 Å². The summed E-state index contributed by atoms with van der Waals surface area (Å²) < 4.78 is 0. The second kappa shape index (κ2) is 7.17. The number of amides is 2. The van der Waals surface area contributed by atoms with Crippen molar-refractivity contribution < 1.29 is 14.7 Å². The molecule has 0 unspecified atom stereocenters. The normalized spacial score (nSPS) is 30.9. The molecule has 3 N–H and O–H groups in total. The molecule has 4 aliphatic carbocycles. The molecule has 4 aliphatic rings. The minimum Gasteiger partial charge on any atom is -0.506 e. The van der Waals surface area contributed by atoms with Gasteiger partial charge in [0.25, 0.3) is 0 Å². The van der Waals surface area contributed by atoms with Crippen molar-refractivity contribution in [3.63, 3.8) is 0 Å². The molecule has 0 atom stereocenters. The fourth-order valence-electron chi connectivity index (χ4n) is 5.99. The van der Waals surface area contributed by atoms with Crippen LogP contribution in [0, 0.1) is 30.1 Å². The zero-order valence-corrected chi connectivity index (χ0v) is 16.1. The Morgan fingerprint density at radius 3 is 2.33 bits per heavy atom. The van der Waals surface area contributed by atoms with Gasteiger partial charge in [0.2, 0.25) is 11.8 Å². The van der Waals surface area contributed by atoms with E-state index in [-0.39, 0.29) is 23.0 Å². The van der Waals surface area contributed by atoms with Gasteiger partial charge in [-0.1, -0.05) is 6.07 Å². The number of nitrogens with one attached hydrogen (secondary N) is 2. The number of phenolic OH excluding ortho intramolecular Hbond substituents is 1. The van der Waals surface area contributed by atoms with Crippen molar-refractivity contribution in [2.45, 2.75) is 58.3 Å². The van der Waals surface area contributed by atoms with Crippen molar-refractivity contribution in [1.82, 2.24) is 5.32 Å². The minimum atomic E-state index is -0.141. The van der Waals surface area contributed by atoms with Gasteiger partial charge < -0.3 is 15.7 Å². The van der Waals surface area contributed by atoms with E-state index in [0.717, 1.165) is 42.6 Å². The number of aromatic hydroxyl groups is 1. The van der Waals surface area contributed by atoms with Crippen LogP contribution in [0.4, 0.5) is 5.69 Å². The zero-order chi connectivity index (χ0) is 19.0. The topological polar surface area (TPSA) is 78.4 Å². The molecule has 0 heterocycles. The van der Waals surface area contributed by atoms with E-state index in [4.69, 9.17) is 0 Å².